The molecule has 0 radical (unpaired) electrons. The first kappa shape index (κ1) is 18.6. The molecular formula is C17H30N6OS. The third-order valence-corrected chi connectivity index (χ3v) is 6.32. The van der Waals surface area contributed by atoms with Crippen LogP contribution in [-0.2, 0) is 11.8 Å². The van der Waals surface area contributed by atoms with Crippen molar-refractivity contribution in [2.75, 3.05) is 38.5 Å². The highest BCUT2D eigenvalue weighted by Crippen LogP contribution is 2.22. The van der Waals surface area contributed by atoms with E-state index >= 15 is 0 Å². The van der Waals surface area contributed by atoms with Crippen LogP contribution in [0.25, 0.3) is 0 Å². The highest BCUT2D eigenvalue weighted by molar-refractivity contribution is 7.99. The van der Waals surface area contributed by atoms with E-state index in [0.717, 1.165) is 42.8 Å². The summed E-state index contributed by atoms with van der Waals surface area (Å²) < 4.78 is 1.64. The number of aryl methyl sites for hydroxylation is 1. The van der Waals surface area contributed by atoms with Crippen molar-refractivity contribution in [2.24, 2.45) is 13.0 Å². The summed E-state index contributed by atoms with van der Waals surface area (Å²) in [6, 6.07) is 0. The first-order valence-electron chi connectivity index (χ1n) is 9.57. The molecule has 0 bridgehead atoms. The van der Waals surface area contributed by atoms with Crippen LogP contribution in [0.5, 0.6) is 0 Å². The van der Waals surface area contributed by atoms with Crippen LogP contribution in [0.4, 0.5) is 0 Å². The lowest BCUT2D eigenvalue weighted by atomic mass is 9.96. The lowest BCUT2D eigenvalue weighted by Crippen LogP contribution is -2.42. The second kappa shape index (κ2) is 9.52. The lowest BCUT2D eigenvalue weighted by molar-refractivity contribution is -0.132. The summed E-state index contributed by atoms with van der Waals surface area (Å²) in [4.78, 5) is 17.1. The predicted molar refractivity (Wildman–Crippen MR) is 98.4 cm³/mol. The Morgan fingerprint density at radius 1 is 1.12 bits per heavy atom. The third-order valence-electron chi connectivity index (χ3n) is 5.31. The van der Waals surface area contributed by atoms with E-state index in [1.165, 1.54) is 45.3 Å². The first-order chi connectivity index (χ1) is 12.2. The number of carbonyl (C=O) groups is 1. The van der Waals surface area contributed by atoms with Crippen LogP contribution in [0.1, 0.15) is 44.9 Å². The van der Waals surface area contributed by atoms with Crippen LogP contribution >= 0.6 is 11.8 Å². The summed E-state index contributed by atoms with van der Waals surface area (Å²) in [6.07, 6.45) is 8.38. The molecule has 1 aromatic heterocycles. The molecule has 2 saturated heterocycles. The van der Waals surface area contributed by atoms with E-state index in [0.29, 0.717) is 6.42 Å². The smallest absolute Gasteiger partial charge is 0.223 e. The number of rotatable bonds is 6. The Hall–Kier alpha value is -1.15. The van der Waals surface area contributed by atoms with Gasteiger partial charge in [0.1, 0.15) is 0 Å². The minimum atomic E-state index is 0.274. The van der Waals surface area contributed by atoms with Gasteiger partial charge in [0, 0.05) is 38.9 Å². The molecule has 0 unspecified atom stereocenters. The molecule has 140 valence electrons. The zero-order valence-electron chi connectivity index (χ0n) is 15.3. The predicted octanol–water partition coefficient (Wildman–Crippen LogP) is 1.81. The molecule has 2 aliphatic rings. The van der Waals surface area contributed by atoms with E-state index in [2.05, 4.69) is 25.3 Å². The summed E-state index contributed by atoms with van der Waals surface area (Å²) in [5, 5.41) is 12.1. The molecule has 2 aliphatic heterocycles. The van der Waals surface area contributed by atoms with Crippen LogP contribution in [0.15, 0.2) is 5.16 Å². The van der Waals surface area contributed by atoms with Crippen molar-refractivity contribution in [2.45, 2.75) is 50.1 Å². The van der Waals surface area contributed by atoms with Crippen molar-refractivity contribution in [1.29, 1.82) is 0 Å². The average Bonchev–Trinajstić information content (AvgIpc) is 2.86. The van der Waals surface area contributed by atoms with Crippen molar-refractivity contribution in [3.05, 3.63) is 0 Å². The second-order valence-electron chi connectivity index (χ2n) is 7.22. The highest BCUT2D eigenvalue weighted by Gasteiger charge is 2.24. The van der Waals surface area contributed by atoms with Crippen LogP contribution in [-0.4, -0.2) is 74.4 Å². The molecule has 25 heavy (non-hydrogen) atoms. The van der Waals surface area contributed by atoms with Crippen molar-refractivity contribution < 1.29 is 4.79 Å². The number of piperidine rings is 1. The molecule has 7 nitrogen and oxygen atoms in total. The Morgan fingerprint density at radius 2 is 1.84 bits per heavy atom. The maximum Gasteiger partial charge on any atom is 0.223 e. The fraction of sp³-hybridized carbons (Fsp3) is 0.882. The maximum absolute atomic E-state index is 12.4. The number of hydrogen-bond acceptors (Lipinski definition) is 6. The molecule has 0 aromatic carbocycles. The molecule has 0 spiro atoms. The Balaban J connectivity index is 1.33. The van der Waals surface area contributed by atoms with Crippen LogP contribution in [0.3, 0.4) is 0 Å². The van der Waals surface area contributed by atoms with Gasteiger partial charge < -0.3 is 9.80 Å². The number of tetrazole rings is 1. The van der Waals surface area contributed by atoms with Crippen LogP contribution in [0, 0.1) is 5.92 Å². The van der Waals surface area contributed by atoms with E-state index in [-0.39, 0.29) is 5.91 Å². The van der Waals surface area contributed by atoms with Gasteiger partial charge in [-0.25, -0.2) is 4.68 Å². The fourth-order valence-electron chi connectivity index (χ4n) is 3.78. The Labute approximate surface area is 154 Å². The SMILES string of the molecule is Cn1nnnc1SCCC(=O)N1CCC(CN2CCCCCC2)CC1. The summed E-state index contributed by atoms with van der Waals surface area (Å²) in [5.41, 5.74) is 0. The Morgan fingerprint density at radius 3 is 2.48 bits per heavy atom. The summed E-state index contributed by atoms with van der Waals surface area (Å²) >= 11 is 1.54. The number of nitrogens with zero attached hydrogens (tertiary/aromatic N) is 6. The van der Waals surface area contributed by atoms with Crippen molar-refractivity contribution in [3.63, 3.8) is 0 Å². The van der Waals surface area contributed by atoms with Crippen molar-refractivity contribution in [1.82, 2.24) is 30.0 Å². The zero-order valence-corrected chi connectivity index (χ0v) is 16.1. The number of aromatic nitrogens is 4. The van der Waals surface area contributed by atoms with Gasteiger partial charge in [-0.1, -0.05) is 24.6 Å². The minimum Gasteiger partial charge on any atom is -0.343 e. The zero-order chi connectivity index (χ0) is 17.5. The van der Waals surface area contributed by atoms with Gasteiger partial charge in [-0.2, -0.15) is 0 Å². The van der Waals surface area contributed by atoms with E-state index in [4.69, 9.17) is 0 Å². The molecule has 0 N–H and O–H groups in total. The van der Waals surface area contributed by atoms with Gasteiger partial charge in [0.25, 0.3) is 0 Å². The number of likely N-dealkylation sites (tertiary alicyclic amines) is 2. The third kappa shape index (κ3) is 5.67. The molecule has 0 atom stereocenters. The van der Waals surface area contributed by atoms with Crippen LogP contribution < -0.4 is 0 Å². The van der Waals surface area contributed by atoms with Gasteiger partial charge in [0.15, 0.2) is 0 Å². The van der Waals surface area contributed by atoms with Crippen molar-refractivity contribution >= 4 is 17.7 Å². The van der Waals surface area contributed by atoms with E-state index in [9.17, 15) is 4.79 Å². The monoisotopic (exact) mass is 366 g/mol. The highest BCUT2D eigenvalue weighted by atomic mass is 32.2. The topological polar surface area (TPSA) is 67.2 Å². The molecule has 3 heterocycles. The number of thioether (sulfide) groups is 1. The van der Waals surface area contributed by atoms with E-state index in [1.807, 2.05) is 7.05 Å². The summed E-state index contributed by atoms with van der Waals surface area (Å²) in [5.74, 6) is 1.78. The van der Waals surface area contributed by atoms with Gasteiger partial charge in [0.2, 0.25) is 11.1 Å². The standard InChI is InChI=1S/C17H30N6OS/c1-21-17(18-19-20-21)25-13-8-16(24)23-11-6-15(7-12-23)14-22-9-4-2-3-5-10-22/h15H,2-14H2,1H3. The first-order valence-corrected chi connectivity index (χ1v) is 10.6. The summed E-state index contributed by atoms with van der Waals surface area (Å²) in [6.45, 7) is 5.62. The van der Waals surface area contributed by atoms with Gasteiger partial charge >= 0.3 is 0 Å². The summed E-state index contributed by atoms with van der Waals surface area (Å²) in [7, 11) is 1.82. The van der Waals surface area contributed by atoms with E-state index < -0.39 is 0 Å². The lowest BCUT2D eigenvalue weighted by Gasteiger charge is -2.34. The average molecular weight is 367 g/mol. The van der Waals surface area contributed by atoms with Gasteiger partial charge in [-0.15, -0.1) is 5.10 Å². The van der Waals surface area contributed by atoms with Crippen LogP contribution in [0.2, 0.25) is 0 Å². The van der Waals surface area contributed by atoms with Gasteiger partial charge in [0.05, 0.1) is 0 Å². The normalized spacial score (nSPS) is 20.6. The largest absolute Gasteiger partial charge is 0.343 e. The van der Waals surface area contributed by atoms with Gasteiger partial charge in [-0.3, -0.25) is 4.79 Å². The molecule has 2 fully saturated rings. The molecule has 1 aromatic rings. The number of carbonyl (C=O) groups excluding carboxylic acids is 1. The Bertz CT molecular complexity index is 535. The number of amides is 1. The molecule has 1 amide bonds. The molecular weight excluding hydrogens is 336 g/mol. The molecule has 0 aliphatic carbocycles. The number of hydrogen-bond donors (Lipinski definition) is 0. The van der Waals surface area contributed by atoms with Crippen molar-refractivity contribution in [3.8, 4) is 0 Å². The maximum atomic E-state index is 12.4. The molecule has 8 heteroatoms. The minimum absolute atomic E-state index is 0.274. The quantitative estimate of drug-likeness (QED) is 0.715. The Kier molecular flexibility index (Phi) is 7.10. The van der Waals surface area contributed by atoms with E-state index in [1.54, 1.807) is 16.4 Å². The van der Waals surface area contributed by atoms with Gasteiger partial charge in [-0.05, 0) is 55.1 Å². The molecule has 3 rings (SSSR count). The second-order valence-corrected chi connectivity index (χ2v) is 8.28. The fourth-order valence-corrected chi connectivity index (χ4v) is 4.56. The molecule has 0 saturated carbocycles.